The van der Waals surface area contributed by atoms with Crippen molar-refractivity contribution in [2.24, 2.45) is 0 Å². The molecule has 0 fully saturated rings. The van der Waals surface area contributed by atoms with E-state index in [0.717, 1.165) is 29.9 Å². The van der Waals surface area contributed by atoms with E-state index in [0.29, 0.717) is 0 Å². The normalized spacial score (nSPS) is 10.9. The second-order valence-electron chi connectivity index (χ2n) is 7.17. The molecule has 2 nitrogen and oxygen atoms in total. The molecule has 134 valence electrons. The fraction of sp³-hybridized carbons (Fsp3) is 0.160. The minimum atomic E-state index is 0.926. The fourth-order valence-electron chi connectivity index (χ4n) is 3.61. The van der Waals surface area contributed by atoms with Gasteiger partial charge in [0.15, 0.2) is 0 Å². The Balaban J connectivity index is 1.55. The molecule has 0 saturated carbocycles. The lowest BCUT2D eigenvalue weighted by Gasteiger charge is -2.09. The zero-order valence-corrected chi connectivity index (χ0v) is 15.9. The summed E-state index contributed by atoms with van der Waals surface area (Å²) in [6.07, 6.45) is 1.90. The van der Waals surface area contributed by atoms with Gasteiger partial charge in [-0.25, -0.2) is 4.68 Å². The fourth-order valence-corrected chi connectivity index (χ4v) is 3.61. The molecule has 4 aromatic rings. The highest BCUT2D eigenvalue weighted by atomic mass is 15.3. The quantitative estimate of drug-likeness (QED) is 0.452. The molecule has 0 unspecified atom stereocenters. The molecule has 0 aliphatic carbocycles. The van der Waals surface area contributed by atoms with E-state index in [1.54, 1.807) is 0 Å². The van der Waals surface area contributed by atoms with Gasteiger partial charge >= 0.3 is 0 Å². The molecule has 4 rings (SSSR count). The van der Waals surface area contributed by atoms with E-state index in [1.807, 2.05) is 11.6 Å². The Kier molecular flexibility index (Phi) is 4.88. The monoisotopic (exact) mass is 352 g/mol. The number of aromatic nitrogens is 2. The Morgan fingerprint density at radius 3 is 1.89 bits per heavy atom. The molecule has 2 heteroatoms. The van der Waals surface area contributed by atoms with Crippen LogP contribution in [0, 0.1) is 13.8 Å². The second kappa shape index (κ2) is 7.63. The highest BCUT2D eigenvalue weighted by Gasteiger charge is 2.05. The highest BCUT2D eigenvalue weighted by Crippen LogP contribution is 2.18. The first kappa shape index (κ1) is 17.3. The van der Waals surface area contributed by atoms with Gasteiger partial charge in [0.1, 0.15) is 0 Å². The van der Waals surface area contributed by atoms with Gasteiger partial charge in [-0.2, -0.15) is 5.10 Å². The smallest absolute Gasteiger partial charge is 0.0651 e. The van der Waals surface area contributed by atoms with Gasteiger partial charge in [-0.05, 0) is 67.1 Å². The van der Waals surface area contributed by atoms with E-state index < -0.39 is 0 Å². The van der Waals surface area contributed by atoms with Crippen molar-refractivity contribution in [1.29, 1.82) is 0 Å². The molecule has 1 heterocycles. The van der Waals surface area contributed by atoms with E-state index >= 15 is 0 Å². The zero-order chi connectivity index (χ0) is 18.6. The summed E-state index contributed by atoms with van der Waals surface area (Å²) in [7, 11) is 0. The maximum Gasteiger partial charge on any atom is 0.0651 e. The third-order valence-corrected chi connectivity index (χ3v) is 4.82. The summed E-state index contributed by atoms with van der Waals surface area (Å²) in [5, 5.41) is 4.61. The van der Waals surface area contributed by atoms with E-state index in [2.05, 4.69) is 97.0 Å². The summed E-state index contributed by atoms with van der Waals surface area (Å²) < 4.78 is 2.02. The van der Waals surface area contributed by atoms with Crippen molar-refractivity contribution in [3.8, 4) is 5.69 Å². The molecular weight excluding hydrogens is 328 g/mol. The van der Waals surface area contributed by atoms with Crippen LogP contribution in [0.2, 0.25) is 0 Å². The maximum absolute atomic E-state index is 4.61. The molecule has 0 aliphatic heterocycles. The molecule has 1 aromatic heterocycles. The molecule has 3 aromatic carbocycles. The number of hydrogen-bond donors (Lipinski definition) is 0. The van der Waals surface area contributed by atoms with Crippen LogP contribution in [0.1, 0.15) is 33.6 Å². The summed E-state index contributed by atoms with van der Waals surface area (Å²) in [5.74, 6) is 0. The van der Waals surface area contributed by atoms with Gasteiger partial charge in [-0.1, -0.05) is 66.7 Å². The van der Waals surface area contributed by atoms with Crippen LogP contribution in [0.4, 0.5) is 0 Å². The van der Waals surface area contributed by atoms with Gasteiger partial charge in [-0.15, -0.1) is 0 Å². The predicted octanol–water partition coefficient (Wildman–Crippen LogP) is 5.67. The average Bonchev–Trinajstić information content (AvgIpc) is 3.01. The Morgan fingerprint density at radius 1 is 0.630 bits per heavy atom. The van der Waals surface area contributed by atoms with Crippen LogP contribution in [0.3, 0.4) is 0 Å². The lowest BCUT2D eigenvalue weighted by Crippen LogP contribution is -2.00. The molecule has 27 heavy (non-hydrogen) atoms. The lowest BCUT2D eigenvalue weighted by atomic mass is 9.99. The van der Waals surface area contributed by atoms with Crippen LogP contribution in [0.25, 0.3) is 5.69 Å². The molecule has 0 spiro atoms. The van der Waals surface area contributed by atoms with Crippen molar-refractivity contribution in [3.05, 3.63) is 119 Å². The standard InChI is InChI=1S/C25H24N2/c1-19-14-20(2)27(26-19)25-13-7-12-24(18-25)17-23-11-6-10-22(16-23)15-21-8-4-3-5-9-21/h3-14,16,18H,15,17H2,1-2H3. The van der Waals surface area contributed by atoms with E-state index in [1.165, 1.54) is 22.3 Å². The molecule has 0 radical (unpaired) electrons. The zero-order valence-electron chi connectivity index (χ0n) is 15.9. The number of benzene rings is 3. The number of nitrogens with zero attached hydrogens (tertiary/aromatic N) is 2. The van der Waals surface area contributed by atoms with Crippen LogP contribution in [0.5, 0.6) is 0 Å². The number of hydrogen-bond acceptors (Lipinski definition) is 1. The van der Waals surface area contributed by atoms with Crippen molar-refractivity contribution in [2.75, 3.05) is 0 Å². The van der Waals surface area contributed by atoms with Gasteiger partial charge in [0.25, 0.3) is 0 Å². The molecule has 0 N–H and O–H groups in total. The maximum atomic E-state index is 4.61. The van der Waals surface area contributed by atoms with Crippen molar-refractivity contribution in [1.82, 2.24) is 9.78 Å². The third-order valence-electron chi connectivity index (χ3n) is 4.82. The van der Waals surface area contributed by atoms with Gasteiger partial charge in [0.2, 0.25) is 0 Å². The van der Waals surface area contributed by atoms with Crippen LogP contribution in [0.15, 0.2) is 84.9 Å². The van der Waals surface area contributed by atoms with Gasteiger partial charge < -0.3 is 0 Å². The molecule has 0 aliphatic rings. The Hall–Kier alpha value is -3.13. The van der Waals surface area contributed by atoms with Crippen LogP contribution in [-0.4, -0.2) is 9.78 Å². The summed E-state index contributed by atoms with van der Waals surface area (Å²) in [6, 6.07) is 30.3. The second-order valence-corrected chi connectivity index (χ2v) is 7.17. The minimum Gasteiger partial charge on any atom is -0.238 e. The average molecular weight is 352 g/mol. The summed E-state index contributed by atoms with van der Waals surface area (Å²) >= 11 is 0. The lowest BCUT2D eigenvalue weighted by molar-refractivity contribution is 0.832. The van der Waals surface area contributed by atoms with Crippen molar-refractivity contribution in [3.63, 3.8) is 0 Å². The molecular formula is C25H24N2. The Bertz CT molecular complexity index is 1040. The van der Waals surface area contributed by atoms with Gasteiger partial charge in [0.05, 0.1) is 11.4 Å². The molecule has 0 amide bonds. The predicted molar refractivity (Wildman–Crippen MR) is 112 cm³/mol. The molecule has 0 saturated heterocycles. The van der Waals surface area contributed by atoms with E-state index in [9.17, 15) is 0 Å². The topological polar surface area (TPSA) is 17.8 Å². The van der Waals surface area contributed by atoms with Gasteiger partial charge in [-0.3, -0.25) is 0 Å². The Morgan fingerprint density at radius 2 is 1.22 bits per heavy atom. The number of aryl methyl sites for hydroxylation is 2. The highest BCUT2D eigenvalue weighted by molar-refractivity contribution is 5.40. The van der Waals surface area contributed by atoms with Crippen molar-refractivity contribution >= 4 is 0 Å². The minimum absolute atomic E-state index is 0.926. The molecule has 0 bridgehead atoms. The van der Waals surface area contributed by atoms with E-state index in [4.69, 9.17) is 0 Å². The first-order valence-corrected chi connectivity index (χ1v) is 9.42. The first-order chi connectivity index (χ1) is 13.2. The van der Waals surface area contributed by atoms with Gasteiger partial charge in [0, 0.05) is 5.69 Å². The summed E-state index contributed by atoms with van der Waals surface area (Å²) in [5.41, 5.74) is 8.68. The van der Waals surface area contributed by atoms with Crippen molar-refractivity contribution < 1.29 is 0 Å². The van der Waals surface area contributed by atoms with E-state index in [-0.39, 0.29) is 0 Å². The summed E-state index contributed by atoms with van der Waals surface area (Å²) in [6.45, 7) is 4.13. The summed E-state index contributed by atoms with van der Waals surface area (Å²) in [4.78, 5) is 0. The SMILES string of the molecule is Cc1cc(C)n(-c2cccc(Cc3cccc(Cc4ccccc4)c3)c2)n1. The largest absolute Gasteiger partial charge is 0.238 e. The first-order valence-electron chi connectivity index (χ1n) is 9.42. The Labute approximate surface area is 161 Å². The van der Waals surface area contributed by atoms with Crippen LogP contribution < -0.4 is 0 Å². The third kappa shape index (κ3) is 4.17. The van der Waals surface area contributed by atoms with Crippen LogP contribution >= 0.6 is 0 Å². The molecule has 0 atom stereocenters. The van der Waals surface area contributed by atoms with Crippen molar-refractivity contribution in [2.45, 2.75) is 26.7 Å². The number of rotatable bonds is 5. The van der Waals surface area contributed by atoms with Crippen LogP contribution in [-0.2, 0) is 12.8 Å².